The number of anilines is 2. The van der Waals surface area contributed by atoms with Gasteiger partial charge in [-0.2, -0.15) is 0 Å². The van der Waals surface area contributed by atoms with Crippen LogP contribution in [0.1, 0.15) is 48.2 Å². The minimum absolute atomic E-state index is 0.111. The molecule has 4 aromatic rings. The number of rotatable bonds is 10. The molecule has 9 heteroatoms. The van der Waals surface area contributed by atoms with Crippen LogP contribution in [0.2, 0.25) is 0 Å². The highest BCUT2D eigenvalue weighted by Crippen LogP contribution is 2.27. The number of aromatic nitrogens is 1. The van der Waals surface area contributed by atoms with Gasteiger partial charge in [0.15, 0.2) is 5.13 Å². The van der Waals surface area contributed by atoms with Crippen molar-refractivity contribution in [2.24, 2.45) is 0 Å². The van der Waals surface area contributed by atoms with Gasteiger partial charge in [0, 0.05) is 27.7 Å². The molecule has 1 unspecified atom stereocenters. The van der Waals surface area contributed by atoms with E-state index in [-0.39, 0.29) is 22.8 Å². The van der Waals surface area contributed by atoms with Gasteiger partial charge in [-0.25, -0.2) is 4.98 Å². The highest BCUT2D eigenvalue weighted by atomic mass is 32.2. The summed E-state index contributed by atoms with van der Waals surface area (Å²) in [5, 5.41) is 10.4. The predicted molar refractivity (Wildman–Crippen MR) is 164 cm³/mol. The van der Waals surface area contributed by atoms with Crippen molar-refractivity contribution >= 4 is 57.7 Å². The molecular formula is C31H30N4O3S2. The summed E-state index contributed by atoms with van der Waals surface area (Å²) in [5.41, 5.74) is 3.06. The predicted octanol–water partition coefficient (Wildman–Crippen LogP) is 6.80. The molecule has 4 rings (SSSR count). The van der Waals surface area contributed by atoms with Crippen LogP contribution in [-0.4, -0.2) is 28.0 Å². The second-order valence-corrected chi connectivity index (χ2v) is 11.6. The van der Waals surface area contributed by atoms with E-state index in [1.165, 1.54) is 28.7 Å². The highest BCUT2D eigenvalue weighted by Gasteiger charge is 2.18. The van der Waals surface area contributed by atoms with E-state index >= 15 is 0 Å². The van der Waals surface area contributed by atoms with Crippen molar-refractivity contribution in [1.82, 2.24) is 10.3 Å². The Hall–Kier alpha value is -4.21. The molecule has 7 nitrogen and oxygen atoms in total. The molecule has 0 radical (unpaired) electrons. The lowest BCUT2D eigenvalue weighted by atomic mass is 10.0. The van der Waals surface area contributed by atoms with E-state index in [1.807, 2.05) is 43.3 Å². The van der Waals surface area contributed by atoms with Gasteiger partial charge in [0.2, 0.25) is 5.91 Å². The summed E-state index contributed by atoms with van der Waals surface area (Å²) in [6, 6.07) is 23.8. The van der Waals surface area contributed by atoms with E-state index in [0.29, 0.717) is 22.3 Å². The molecule has 3 N–H and O–H groups in total. The molecule has 0 bridgehead atoms. The largest absolute Gasteiger partial charge is 0.321 e. The molecule has 0 aliphatic rings. The molecule has 40 heavy (non-hydrogen) atoms. The number of thioether (sulfide) groups is 1. The summed E-state index contributed by atoms with van der Waals surface area (Å²) in [5.74, 6) is -0.629. The Morgan fingerprint density at radius 3 is 2.33 bits per heavy atom. The topological polar surface area (TPSA) is 100 Å². The summed E-state index contributed by atoms with van der Waals surface area (Å²) < 4.78 is 0. The summed E-state index contributed by atoms with van der Waals surface area (Å²) in [4.78, 5) is 43.8. The van der Waals surface area contributed by atoms with Crippen molar-refractivity contribution in [3.8, 4) is 0 Å². The molecule has 3 amide bonds. The van der Waals surface area contributed by atoms with Gasteiger partial charge in [0.1, 0.15) is 5.70 Å². The zero-order valence-corrected chi connectivity index (χ0v) is 24.0. The normalized spacial score (nSPS) is 12.1. The Morgan fingerprint density at radius 1 is 0.900 bits per heavy atom. The summed E-state index contributed by atoms with van der Waals surface area (Å²) >= 11 is 2.72. The van der Waals surface area contributed by atoms with Gasteiger partial charge >= 0.3 is 0 Å². The SMILES string of the molecule is CC(Sc1cccc(NC(=O)/C(=C\c2ccc(C(C)C)cc2)NC(=O)c2ccccc2)c1)C(=O)Nc1nccs1. The Labute approximate surface area is 242 Å². The Bertz CT molecular complexity index is 1480. The van der Waals surface area contributed by atoms with E-state index in [4.69, 9.17) is 0 Å². The highest BCUT2D eigenvalue weighted by molar-refractivity contribution is 8.00. The fourth-order valence-corrected chi connectivity index (χ4v) is 5.14. The average molecular weight is 571 g/mol. The van der Waals surface area contributed by atoms with E-state index in [1.54, 1.807) is 60.1 Å². The van der Waals surface area contributed by atoms with Gasteiger partial charge in [-0.05, 0) is 60.4 Å². The van der Waals surface area contributed by atoms with Gasteiger partial charge in [0.25, 0.3) is 11.8 Å². The molecular weight excluding hydrogens is 541 g/mol. The number of nitrogens with zero attached hydrogens (tertiary/aromatic N) is 1. The zero-order valence-electron chi connectivity index (χ0n) is 22.4. The molecule has 1 atom stereocenters. The number of carbonyl (C=O) groups is 3. The smallest absolute Gasteiger partial charge is 0.272 e. The number of benzene rings is 3. The van der Waals surface area contributed by atoms with Crippen LogP contribution in [0.5, 0.6) is 0 Å². The molecule has 0 fully saturated rings. The first-order valence-electron chi connectivity index (χ1n) is 12.7. The molecule has 1 heterocycles. The molecule has 0 spiro atoms. The standard InChI is InChI=1S/C31H30N4O3S2/c1-20(2)23-14-12-22(13-15-23)18-27(34-29(37)24-8-5-4-6-9-24)30(38)33-25-10-7-11-26(19-25)40-21(3)28(36)35-31-32-16-17-39-31/h4-21H,1-3H3,(H,33,38)(H,34,37)(H,32,35,36)/b27-18+. The van der Waals surface area contributed by atoms with Crippen molar-refractivity contribution in [1.29, 1.82) is 0 Å². The van der Waals surface area contributed by atoms with Crippen LogP contribution < -0.4 is 16.0 Å². The van der Waals surface area contributed by atoms with Gasteiger partial charge in [0.05, 0.1) is 5.25 Å². The van der Waals surface area contributed by atoms with Gasteiger partial charge in [-0.15, -0.1) is 23.1 Å². The van der Waals surface area contributed by atoms with Crippen molar-refractivity contribution in [2.75, 3.05) is 10.6 Å². The molecule has 1 aromatic heterocycles. The first kappa shape index (κ1) is 28.8. The summed E-state index contributed by atoms with van der Waals surface area (Å²) in [6.07, 6.45) is 3.29. The lowest BCUT2D eigenvalue weighted by Crippen LogP contribution is -2.30. The van der Waals surface area contributed by atoms with Crippen molar-refractivity contribution in [3.05, 3.63) is 113 Å². The van der Waals surface area contributed by atoms with Crippen LogP contribution in [0, 0.1) is 0 Å². The quantitative estimate of drug-likeness (QED) is 0.144. The van der Waals surface area contributed by atoms with Crippen LogP contribution in [0.3, 0.4) is 0 Å². The van der Waals surface area contributed by atoms with Crippen LogP contribution in [0.15, 0.2) is 101 Å². The van der Waals surface area contributed by atoms with Crippen molar-refractivity contribution in [3.63, 3.8) is 0 Å². The fourth-order valence-electron chi connectivity index (χ4n) is 3.68. The van der Waals surface area contributed by atoms with E-state index in [2.05, 4.69) is 34.8 Å². The molecule has 204 valence electrons. The average Bonchev–Trinajstić information content (AvgIpc) is 3.46. The second kappa shape index (κ2) is 13.7. The maximum absolute atomic E-state index is 13.4. The molecule has 3 aromatic carbocycles. The molecule has 0 aliphatic heterocycles. The monoisotopic (exact) mass is 570 g/mol. The van der Waals surface area contributed by atoms with Crippen LogP contribution in [0.4, 0.5) is 10.8 Å². The first-order chi connectivity index (χ1) is 19.3. The Balaban J connectivity index is 1.50. The molecule has 0 saturated carbocycles. The van der Waals surface area contributed by atoms with Crippen molar-refractivity contribution < 1.29 is 14.4 Å². The van der Waals surface area contributed by atoms with E-state index in [0.717, 1.165) is 10.5 Å². The second-order valence-electron chi connectivity index (χ2n) is 9.27. The molecule has 0 aliphatic carbocycles. The Kier molecular flexibility index (Phi) is 9.88. The van der Waals surface area contributed by atoms with Gasteiger partial charge < -0.3 is 16.0 Å². The zero-order chi connectivity index (χ0) is 28.5. The Morgan fingerprint density at radius 2 is 1.65 bits per heavy atom. The number of hydrogen-bond donors (Lipinski definition) is 3. The first-order valence-corrected chi connectivity index (χ1v) is 14.5. The summed E-state index contributed by atoms with van der Waals surface area (Å²) in [6.45, 7) is 6.04. The third-order valence-electron chi connectivity index (χ3n) is 5.88. The third-order valence-corrected chi connectivity index (χ3v) is 7.66. The fraction of sp³-hybridized carbons (Fsp3) is 0.161. The maximum Gasteiger partial charge on any atom is 0.272 e. The van der Waals surface area contributed by atoms with Gasteiger partial charge in [-0.1, -0.05) is 62.4 Å². The number of hydrogen-bond acceptors (Lipinski definition) is 6. The minimum Gasteiger partial charge on any atom is -0.321 e. The van der Waals surface area contributed by atoms with Crippen LogP contribution in [-0.2, 0) is 9.59 Å². The van der Waals surface area contributed by atoms with Gasteiger partial charge in [-0.3, -0.25) is 14.4 Å². The van der Waals surface area contributed by atoms with Crippen LogP contribution in [0.25, 0.3) is 6.08 Å². The third kappa shape index (κ3) is 8.14. The number of nitrogens with one attached hydrogen (secondary N) is 3. The molecule has 0 saturated heterocycles. The van der Waals surface area contributed by atoms with Crippen LogP contribution >= 0.6 is 23.1 Å². The summed E-state index contributed by atoms with van der Waals surface area (Å²) in [7, 11) is 0. The lowest BCUT2D eigenvalue weighted by molar-refractivity contribution is -0.115. The minimum atomic E-state index is -0.464. The number of amides is 3. The van der Waals surface area contributed by atoms with E-state index in [9.17, 15) is 14.4 Å². The number of thiazole rings is 1. The van der Waals surface area contributed by atoms with E-state index < -0.39 is 5.91 Å². The lowest BCUT2D eigenvalue weighted by Gasteiger charge is -2.14. The number of carbonyl (C=O) groups excluding carboxylic acids is 3. The maximum atomic E-state index is 13.4. The van der Waals surface area contributed by atoms with Crippen molar-refractivity contribution in [2.45, 2.75) is 36.8 Å².